The van der Waals surface area contributed by atoms with Crippen LogP contribution in [0, 0.1) is 17.5 Å². The van der Waals surface area contributed by atoms with Gasteiger partial charge in [-0.2, -0.15) is 0 Å². The van der Waals surface area contributed by atoms with Crippen LogP contribution in [0.1, 0.15) is 17.3 Å². The van der Waals surface area contributed by atoms with Gasteiger partial charge in [-0.1, -0.05) is 0 Å². The van der Waals surface area contributed by atoms with Crippen LogP contribution in [-0.2, 0) is 4.79 Å². The number of carboxylic acids is 1. The molecule has 0 aliphatic heterocycles. The van der Waals surface area contributed by atoms with Crippen molar-refractivity contribution in [1.82, 2.24) is 5.32 Å². The van der Waals surface area contributed by atoms with Gasteiger partial charge in [-0.15, -0.1) is 0 Å². The zero-order valence-electron chi connectivity index (χ0n) is 8.63. The molecule has 1 aromatic carbocycles. The molecule has 0 heterocycles. The highest BCUT2D eigenvalue weighted by Gasteiger charge is 2.22. The summed E-state index contributed by atoms with van der Waals surface area (Å²) >= 11 is 0. The van der Waals surface area contributed by atoms with Crippen LogP contribution < -0.4 is 5.32 Å². The molecule has 1 aromatic rings. The molecule has 92 valence electrons. The van der Waals surface area contributed by atoms with Gasteiger partial charge in [-0.05, 0) is 6.92 Å². The van der Waals surface area contributed by atoms with Crippen LogP contribution >= 0.6 is 0 Å². The number of carbonyl (C=O) groups excluding carboxylic acids is 1. The Bertz CT molecular complexity index is 453. The molecule has 0 aliphatic rings. The van der Waals surface area contributed by atoms with Gasteiger partial charge in [-0.3, -0.25) is 9.59 Å². The van der Waals surface area contributed by atoms with Gasteiger partial charge < -0.3 is 10.4 Å². The minimum absolute atomic E-state index is 0.337. The molecule has 0 aromatic heterocycles. The lowest BCUT2D eigenvalue weighted by molar-refractivity contribution is -0.138. The van der Waals surface area contributed by atoms with E-state index in [9.17, 15) is 22.8 Å². The molecular weight excluding hydrogens is 239 g/mol. The van der Waals surface area contributed by atoms with Gasteiger partial charge in [0.05, 0.1) is 0 Å². The Labute approximate surface area is 94.1 Å². The fourth-order valence-corrected chi connectivity index (χ4v) is 1.09. The highest BCUT2D eigenvalue weighted by molar-refractivity contribution is 5.96. The molecule has 0 saturated heterocycles. The van der Waals surface area contributed by atoms with Crippen molar-refractivity contribution in [2.75, 3.05) is 0 Å². The van der Waals surface area contributed by atoms with E-state index in [2.05, 4.69) is 0 Å². The average molecular weight is 247 g/mol. The Morgan fingerprint density at radius 2 is 1.71 bits per heavy atom. The lowest BCUT2D eigenvalue weighted by atomic mass is 10.1. The Morgan fingerprint density at radius 1 is 1.24 bits per heavy atom. The summed E-state index contributed by atoms with van der Waals surface area (Å²) in [5.74, 6) is -6.56. The summed E-state index contributed by atoms with van der Waals surface area (Å²) in [5.41, 5.74) is -1.01. The average Bonchev–Trinajstić information content (AvgIpc) is 2.15. The van der Waals surface area contributed by atoms with Gasteiger partial charge in [0.15, 0.2) is 0 Å². The van der Waals surface area contributed by atoms with Gasteiger partial charge in [-0.25, -0.2) is 13.2 Å². The normalized spacial score (nSPS) is 12.0. The molecule has 0 spiro atoms. The van der Waals surface area contributed by atoms with Crippen LogP contribution in [0.25, 0.3) is 0 Å². The summed E-state index contributed by atoms with van der Waals surface area (Å²) in [6, 6.07) is -0.640. The molecule has 0 radical (unpaired) electrons. The molecule has 1 amide bonds. The fraction of sp³-hybridized carbons (Fsp3) is 0.200. The summed E-state index contributed by atoms with van der Waals surface area (Å²) in [6.07, 6.45) is 0. The first-order chi connectivity index (χ1) is 7.82. The van der Waals surface area contributed by atoms with Gasteiger partial charge in [0.25, 0.3) is 5.91 Å². The molecule has 17 heavy (non-hydrogen) atoms. The number of benzene rings is 1. The van der Waals surface area contributed by atoms with Crippen molar-refractivity contribution < 1.29 is 27.9 Å². The van der Waals surface area contributed by atoms with Crippen molar-refractivity contribution >= 4 is 11.9 Å². The van der Waals surface area contributed by atoms with Gasteiger partial charge in [0.1, 0.15) is 29.1 Å². The van der Waals surface area contributed by atoms with Crippen molar-refractivity contribution in [3.8, 4) is 0 Å². The molecule has 7 heteroatoms. The largest absolute Gasteiger partial charge is 0.480 e. The number of hydrogen-bond donors (Lipinski definition) is 2. The predicted molar refractivity (Wildman–Crippen MR) is 50.9 cm³/mol. The predicted octanol–water partition coefficient (Wildman–Crippen LogP) is 1.31. The third-order valence-corrected chi connectivity index (χ3v) is 1.95. The lowest BCUT2D eigenvalue weighted by Crippen LogP contribution is -2.39. The third-order valence-electron chi connectivity index (χ3n) is 1.95. The van der Waals surface area contributed by atoms with Crippen LogP contribution in [0.15, 0.2) is 12.1 Å². The van der Waals surface area contributed by atoms with E-state index in [1.165, 1.54) is 0 Å². The first-order valence-corrected chi connectivity index (χ1v) is 4.51. The summed E-state index contributed by atoms with van der Waals surface area (Å²) in [4.78, 5) is 21.8. The second-order valence-corrected chi connectivity index (χ2v) is 3.28. The van der Waals surface area contributed by atoms with E-state index in [1.54, 1.807) is 0 Å². The second-order valence-electron chi connectivity index (χ2n) is 3.28. The number of rotatable bonds is 3. The minimum atomic E-state index is -1.39. The highest BCUT2D eigenvalue weighted by atomic mass is 19.1. The first-order valence-electron chi connectivity index (χ1n) is 4.51. The van der Waals surface area contributed by atoms with Gasteiger partial charge in [0.2, 0.25) is 0 Å². The van der Waals surface area contributed by atoms with E-state index in [0.29, 0.717) is 12.1 Å². The standard InChI is InChI=1S/C10H8F3NO3/c1-4(10(16)17)14-9(15)8-6(12)2-5(11)3-7(8)13/h2-4H,1H3,(H,14,15)(H,16,17)/t4-/m1/s1. The Kier molecular flexibility index (Phi) is 3.72. The molecule has 0 bridgehead atoms. The summed E-state index contributed by atoms with van der Waals surface area (Å²) in [6.45, 7) is 1.12. The number of hydrogen-bond acceptors (Lipinski definition) is 2. The molecule has 0 aliphatic carbocycles. The van der Waals surface area contributed by atoms with Crippen molar-refractivity contribution in [1.29, 1.82) is 0 Å². The maximum Gasteiger partial charge on any atom is 0.325 e. The fourth-order valence-electron chi connectivity index (χ4n) is 1.09. The van der Waals surface area contributed by atoms with Gasteiger partial charge >= 0.3 is 5.97 Å². The van der Waals surface area contributed by atoms with E-state index < -0.39 is 40.9 Å². The van der Waals surface area contributed by atoms with Crippen LogP contribution in [0.5, 0.6) is 0 Å². The Hall–Kier alpha value is -2.05. The van der Waals surface area contributed by atoms with E-state index in [4.69, 9.17) is 5.11 Å². The maximum atomic E-state index is 13.1. The van der Waals surface area contributed by atoms with E-state index in [-0.39, 0.29) is 0 Å². The van der Waals surface area contributed by atoms with Gasteiger partial charge in [0, 0.05) is 12.1 Å². The zero-order valence-corrected chi connectivity index (χ0v) is 8.63. The summed E-state index contributed by atoms with van der Waals surface area (Å²) in [7, 11) is 0. The van der Waals surface area contributed by atoms with Crippen LogP contribution in [0.3, 0.4) is 0 Å². The summed E-state index contributed by atoms with van der Waals surface area (Å²) < 4.78 is 38.8. The molecule has 2 N–H and O–H groups in total. The van der Waals surface area contributed by atoms with Crippen LogP contribution in [0.2, 0.25) is 0 Å². The maximum absolute atomic E-state index is 13.1. The Morgan fingerprint density at radius 3 is 2.12 bits per heavy atom. The summed E-state index contributed by atoms with van der Waals surface area (Å²) in [5, 5.41) is 10.4. The Balaban J connectivity index is 3.01. The quantitative estimate of drug-likeness (QED) is 0.846. The molecule has 0 saturated carbocycles. The third kappa shape index (κ3) is 2.96. The lowest BCUT2D eigenvalue weighted by Gasteiger charge is -2.10. The molecule has 1 rings (SSSR count). The number of amides is 1. The van der Waals surface area contributed by atoms with Crippen molar-refractivity contribution in [2.24, 2.45) is 0 Å². The van der Waals surface area contributed by atoms with E-state index >= 15 is 0 Å². The molecule has 4 nitrogen and oxygen atoms in total. The number of nitrogens with one attached hydrogen (secondary N) is 1. The monoisotopic (exact) mass is 247 g/mol. The first kappa shape index (κ1) is 13.0. The molecular formula is C10H8F3NO3. The number of halogens is 3. The highest BCUT2D eigenvalue weighted by Crippen LogP contribution is 2.14. The zero-order chi connectivity index (χ0) is 13.2. The van der Waals surface area contributed by atoms with Crippen LogP contribution in [-0.4, -0.2) is 23.0 Å². The topological polar surface area (TPSA) is 66.4 Å². The number of carbonyl (C=O) groups is 2. The van der Waals surface area contributed by atoms with Crippen LogP contribution in [0.4, 0.5) is 13.2 Å². The van der Waals surface area contributed by atoms with E-state index in [1.807, 2.05) is 5.32 Å². The second kappa shape index (κ2) is 4.86. The smallest absolute Gasteiger partial charge is 0.325 e. The number of carboxylic acid groups (broad SMARTS) is 1. The SMILES string of the molecule is C[C@@H](NC(=O)c1c(F)cc(F)cc1F)C(=O)O. The molecule has 0 unspecified atom stereocenters. The molecule has 1 atom stereocenters. The molecule has 0 fully saturated rings. The van der Waals surface area contributed by atoms with Crippen molar-refractivity contribution in [3.05, 3.63) is 35.1 Å². The number of aliphatic carboxylic acids is 1. The van der Waals surface area contributed by atoms with E-state index in [0.717, 1.165) is 6.92 Å². The van der Waals surface area contributed by atoms with Crippen molar-refractivity contribution in [2.45, 2.75) is 13.0 Å². The minimum Gasteiger partial charge on any atom is -0.480 e. The van der Waals surface area contributed by atoms with Crippen molar-refractivity contribution in [3.63, 3.8) is 0 Å².